The number of alkyl halides is 2. The van der Waals surface area contributed by atoms with Gasteiger partial charge in [0.25, 0.3) is 5.69 Å². The number of likely N-dealkylation sites (N-methyl/N-ethyl adjacent to an activating group) is 1. The molecule has 2 rings (SSSR count). The maximum Gasteiger partial charge on any atom is 0.319 e. The van der Waals surface area contributed by atoms with Gasteiger partial charge in [0.1, 0.15) is 24.3 Å². The fraction of sp³-hybridized carbons (Fsp3) is 0.400. The Bertz CT molecular complexity index is 710. The zero-order valence-electron chi connectivity index (χ0n) is 13.5. The minimum atomic E-state index is -2.67. The molecule has 0 aliphatic rings. The molecule has 0 saturated carbocycles. The summed E-state index contributed by atoms with van der Waals surface area (Å²) < 4.78 is 31.6. The summed E-state index contributed by atoms with van der Waals surface area (Å²) >= 11 is 0. The van der Waals surface area contributed by atoms with Gasteiger partial charge in [0.15, 0.2) is 0 Å². The Labute approximate surface area is 142 Å². The molecule has 1 aromatic heterocycles. The number of benzene rings is 1. The van der Waals surface area contributed by atoms with E-state index in [1.807, 2.05) is 0 Å². The van der Waals surface area contributed by atoms with Crippen molar-refractivity contribution >= 4 is 5.69 Å². The van der Waals surface area contributed by atoms with E-state index in [1.165, 1.54) is 30.6 Å². The number of imidazole rings is 1. The number of nitrogens with zero attached hydrogens (tertiary/aromatic N) is 4. The molecular formula is C15H18F2N4O4. The van der Waals surface area contributed by atoms with E-state index in [-0.39, 0.29) is 37.0 Å². The van der Waals surface area contributed by atoms with Crippen molar-refractivity contribution in [3.63, 3.8) is 0 Å². The maximum absolute atomic E-state index is 12.8. The average Bonchev–Trinajstić information content (AvgIpc) is 3.01. The molecule has 10 heteroatoms. The fourth-order valence-corrected chi connectivity index (χ4v) is 2.24. The molecule has 0 saturated heterocycles. The summed E-state index contributed by atoms with van der Waals surface area (Å²) in [6.07, 6.45) is 1.58. The lowest BCUT2D eigenvalue weighted by atomic mass is 10.3. The van der Waals surface area contributed by atoms with Crippen molar-refractivity contribution in [3.05, 3.63) is 52.6 Å². The van der Waals surface area contributed by atoms with Crippen molar-refractivity contribution in [2.24, 2.45) is 0 Å². The first-order valence-electron chi connectivity index (χ1n) is 7.40. The number of rotatable bonds is 9. The summed E-state index contributed by atoms with van der Waals surface area (Å²) in [4.78, 5) is 15.7. The number of aliphatic hydroxyl groups is 1. The maximum atomic E-state index is 12.8. The van der Waals surface area contributed by atoms with E-state index in [0.717, 1.165) is 4.57 Å². The zero-order chi connectivity index (χ0) is 18.4. The number of nitro benzene ring substituents is 1. The smallest absolute Gasteiger partial charge is 0.319 e. The minimum Gasteiger partial charge on any atom is -0.491 e. The number of aromatic nitrogens is 2. The molecule has 0 fully saturated rings. The molecule has 0 aliphatic heterocycles. The summed E-state index contributed by atoms with van der Waals surface area (Å²) in [6, 6.07) is 5.62. The minimum absolute atomic E-state index is 0.0885. The highest BCUT2D eigenvalue weighted by Gasteiger charge is 2.16. The first-order chi connectivity index (χ1) is 11.9. The van der Waals surface area contributed by atoms with Crippen molar-refractivity contribution < 1.29 is 23.5 Å². The predicted octanol–water partition coefficient (Wildman–Crippen LogP) is 2.06. The van der Waals surface area contributed by atoms with Crippen molar-refractivity contribution in [1.82, 2.24) is 14.5 Å². The third kappa shape index (κ3) is 5.47. The highest BCUT2D eigenvalue weighted by molar-refractivity contribution is 5.37. The van der Waals surface area contributed by atoms with Crippen LogP contribution in [0.2, 0.25) is 0 Å². The Hall–Kier alpha value is -2.59. The van der Waals surface area contributed by atoms with E-state index in [0.29, 0.717) is 0 Å². The molecular weight excluding hydrogens is 338 g/mol. The third-order valence-electron chi connectivity index (χ3n) is 3.36. The summed E-state index contributed by atoms with van der Waals surface area (Å²) in [6.45, 7) is -2.47. The fourth-order valence-electron chi connectivity index (χ4n) is 2.24. The van der Waals surface area contributed by atoms with E-state index in [9.17, 15) is 24.0 Å². The average molecular weight is 356 g/mol. The van der Waals surface area contributed by atoms with Crippen molar-refractivity contribution in [3.8, 4) is 5.75 Å². The van der Waals surface area contributed by atoms with Crippen LogP contribution in [0.25, 0.3) is 0 Å². The van der Waals surface area contributed by atoms with E-state index in [1.54, 1.807) is 18.0 Å². The van der Waals surface area contributed by atoms with Gasteiger partial charge in [-0.15, -0.1) is 0 Å². The van der Waals surface area contributed by atoms with Crippen LogP contribution >= 0.6 is 0 Å². The van der Waals surface area contributed by atoms with Gasteiger partial charge in [-0.25, -0.2) is 4.98 Å². The van der Waals surface area contributed by atoms with Crippen LogP contribution < -0.4 is 4.74 Å². The van der Waals surface area contributed by atoms with E-state index in [4.69, 9.17) is 4.74 Å². The monoisotopic (exact) mass is 356 g/mol. The second kappa shape index (κ2) is 8.49. The molecule has 0 aliphatic carbocycles. The van der Waals surface area contributed by atoms with Crippen molar-refractivity contribution in [2.75, 3.05) is 20.2 Å². The topological polar surface area (TPSA) is 93.7 Å². The molecule has 1 N–H and O–H groups in total. The second-order valence-corrected chi connectivity index (χ2v) is 5.44. The van der Waals surface area contributed by atoms with Crippen LogP contribution in [-0.4, -0.2) is 50.8 Å². The van der Waals surface area contributed by atoms with Crippen LogP contribution in [0.15, 0.2) is 36.7 Å². The van der Waals surface area contributed by atoms with Crippen LogP contribution in [0.3, 0.4) is 0 Å². The quantitative estimate of drug-likeness (QED) is 0.546. The molecule has 0 spiro atoms. The van der Waals surface area contributed by atoms with Gasteiger partial charge in [0.05, 0.1) is 17.5 Å². The molecule has 136 valence electrons. The number of halogens is 2. The van der Waals surface area contributed by atoms with Gasteiger partial charge in [-0.2, -0.15) is 8.78 Å². The van der Waals surface area contributed by atoms with Crippen LogP contribution in [0.1, 0.15) is 12.4 Å². The highest BCUT2D eigenvalue weighted by Crippen LogP contribution is 2.19. The lowest BCUT2D eigenvalue weighted by molar-refractivity contribution is -0.384. The van der Waals surface area contributed by atoms with Gasteiger partial charge in [0, 0.05) is 25.0 Å². The van der Waals surface area contributed by atoms with E-state index >= 15 is 0 Å². The molecule has 8 nitrogen and oxygen atoms in total. The number of hydrogen-bond donors (Lipinski definition) is 1. The Morgan fingerprint density at radius 3 is 2.92 bits per heavy atom. The Kier molecular flexibility index (Phi) is 6.37. The molecule has 1 heterocycles. The predicted molar refractivity (Wildman–Crippen MR) is 84.4 cm³/mol. The standard InChI is InChI=1S/C15H18F2N4O4/c1-19(9-14-18-5-6-20(14)15(16)17)8-12(22)10-25-13-4-2-3-11(7-13)21(23)24/h2-7,12,15,22H,8-10H2,1H3. The van der Waals surface area contributed by atoms with Gasteiger partial charge < -0.3 is 9.84 Å². The third-order valence-corrected chi connectivity index (χ3v) is 3.36. The Morgan fingerprint density at radius 2 is 2.24 bits per heavy atom. The van der Waals surface area contributed by atoms with Crippen LogP contribution in [0, 0.1) is 10.1 Å². The zero-order valence-corrected chi connectivity index (χ0v) is 13.5. The van der Waals surface area contributed by atoms with Crippen LogP contribution in [0.4, 0.5) is 14.5 Å². The molecule has 1 aromatic carbocycles. The molecule has 0 bridgehead atoms. The largest absolute Gasteiger partial charge is 0.491 e. The van der Waals surface area contributed by atoms with Gasteiger partial charge in [0.2, 0.25) is 0 Å². The Balaban J connectivity index is 1.83. The Morgan fingerprint density at radius 1 is 1.48 bits per heavy atom. The molecule has 25 heavy (non-hydrogen) atoms. The first kappa shape index (κ1) is 18.7. The van der Waals surface area contributed by atoms with Gasteiger partial charge in [-0.3, -0.25) is 19.6 Å². The molecule has 0 amide bonds. The van der Waals surface area contributed by atoms with Crippen molar-refractivity contribution in [1.29, 1.82) is 0 Å². The number of non-ortho nitro benzene ring substituents is 1. The van der Waals surface area contributed by atoms with Crippen LogP contribution in [0.5, 0.6) is 5.75 Å². The summed E-state index contributed by atoms with van der Waals surface area (Å²) in [5.41, 5.74) is -0.108. The highest BCUT2D eigenvalue weighted by atomic mass is 19.3. The van der Waals surface area contributed by atoms with Crippen LogP contribution in [-0.2, 0) is 6.54 Å². The SMILES string of the molecule is CN(Cc1nccn1C(F)F)CC(O)COc1cccc([N+](=O)[O-])c1. The molecule has 2 aromatic rings. The summed E-state index contributed by atoms with van der Waals surface area (Å²) in [5, 5.41) is 20.7. The molecule has 1 atom stereocenters. The van der Waals surface area contributed by atoms with Crippen molar-refractivity contribution in [2.45, 2.75) is 19.2 Å². The first-order valence-corrected chi connectivity index (χ1v) is 7.40. The number of aliphatic hydroxyl groups excluding tert-OH is 1. The second-order valence-electron chi connectivity index (χ2n) is 5.44. The van der Waals surface area contributed by atoms with E-state index in [2.05, 4.69) is 4.98 Å². The van der Waals surface area contributed by atoms with Gasteiger partial charge in [-0.05, 0) is 13.1 Å². The van der Waals surface area contributed by atoms with Gasteiger partial charge in [-0.1, -0.05) is 6.07 Å². The number of ether oxygens (including phenoxy) is 1. The van der Waals surface area contributed by atoms with Gasteiger partial charge >= 0.3 is 6.55 Å². The summed E-state index contributed by atoms with van der Waals surface area (Å²) in [7, 11) is 1.65. The number of nitro groups is 1. The number of hydrogen-bond acceptors (Lipinski definition) is 6. The lowest BCUT2D eigenvalue weighted by Crippen LogP contribution is -2.33. The normalized spacial score (nSPS) is 12.6. The van der Waals surface area contributed by atoms with E-state index < -0.39 is 17.6 Å². The lowest BCUT2D eigenvalue weighted by Gasteiger charge is -2.20. The molecule has 0 radical (unpaired) electrons. The molecule has 1 unspecified atom stereocenters. The summed E-state index contributed by atoms with van der Waals surface area (Å²) in [5.74, 6) is 0.452.